The molecule has 5 aromatic rings. The van der Waals surface area contributed by atoms with E-state index in [0.29, 0.717) is 30.0 Å². The predicted octanol–water partition coefficient (Wildman–Crippen LogP) is 5.75. The molecule has 0 saturated heterocycles. The van der Waals surface area contributed by atoms with Gasteiger partial charge in [0.2, 0.25) is 0 Å². The Bertz CT molecular complexity index is 1520. The van der Waals surface area contributed by atoms with Gasteiger partial charge in [-0.25, -0.2) is 4.98 Å². The van der Waals surface area contributed by atoms with E-state index in [0.717, 1.165) is 33.1 Å². The van der Waals surface area contributed by atoms with Crippen LogP contribution in [-0.4, -0.2) is 37.6 Å². The first-order valence-corrected chi connectivity index (χ1v) is 13.5. The molecule has 1 unspecified atom stereocenters. The summed E-state index contributed by atoms with van der Waals surface area (Å²) in [5, 5.41) is 14.1. The van der Waals surface area contributed by atoms with E-state index in [1.807, 2.05) is 66.2 Å². The van der Waals surface area contributed by atoms with Crippen molar-refractivity contribution < 1.29 is 19.4 Å². The minimum atomic E-state index is -0.939. The van der Waals surface area contributed by atoms with Crippen LogP contribution in [0.2, 0.25) is 0 Å². The molecule has 0 fully saturated rings. The lowest BCUT2D eigenvalue weighted by molar-refractivity contribution is -0.143. The van der Waals surface area contributed by atoms with E-state index in [-0.39, 0.29) is 19.0 Å². The van der Waals surface area contributed by atoms with E-state index in [9.17, 15) is 9.90 Å². The fourth-order valence-corrected chi connectivity index (χ4v) is 5.08. The van der Waals surface area contributed by atoms with Crippen LogP contribution in [0.3, 0.4) is 0 Å². The molecule has 0 aliphatic heterocycles. The molecule has 8 nitrogen and oxygen atoms in total. The number of H-pyrrole nitrogens is 1. The first-order chi connectivity index (χ1) is 19.1. The van der Waals surface area contributed by atoms with Gasteiger partial charge in [-0.15, -0.1) is 11.3 Å². The number of hydrogen-bond acceptors (Lipinski definition) is 8. The lowest BCUT2D eigenvalue weighted by Gasteiger charge is -2.15. The van der Waals surface area contributed by atoms with Gasteiger partial charge in [0, 0.05) is 36.0 Å². The highest BCUT2D eigenvalue weighted by Gasteiger charge is 2.22. The second-order valence-corrected chi connectivity index (χ2v) is 9.62. The summed E-state index contributed by atoms with van der Waals surface area (Å²) in [6.45, 7) is 2.41. The largest absolute Gasteiger partial charge is 0.487 e. The van der Waals surface area contributed by atoms with Gasteiger partial charge in [0.15, 0.2) is 0 Å². The monoisotopic (exact) mass is 540 g/mol. The Kier molecular flexibility index (Phi) is 8.40. The minimum absolute atomic E-state index is 0.221. The summed E-state index contributed by atoms with van der Waals surface area (Å²) in [7, 11) is 0. The van der Waals surface area contributed by atoms with Crippen LogP contribution in [0.1, 0.15) is 42.0 Å². The quantitative estimate of drug-likeness (QED) is 0.205. The first-order valence-electron chi connectivity index (χ1n) is 12.6. The third-order valence-electron chi connectivity index (χ3n) is 6.16. The maximum absolute atomic E-state index is 12.1. The number of carbonyl (C=O) groups excluding carboxylic acids is 1. The number of ether oxygens (including phenoxy) is 2. The number of nitrogens with zero attached hydrogens (tertiary/aromatic N) is 3. The smallest absolute Gasteiger partial charge is 0.306 e. The van der Waals surface area contributed by atoms with Crippen molar-refractivity contribution in [3.63, 3.8) is 0 Å². The molecule has 5 rings (SSSR count). The number of nitrogens with one attached hydrogen (secondary N) is 1. The predicted molar refractivity (Wildman–Crippen MR) is 149 cm³/mol. The highest BCUT2D eigenvalue weighted by atomic mass is 32.1. The minimum Gasteiger partial charge on any atom is -0.487 e. The van der Waals surface area contributed by atoms with Crippen molar-refractivity contribution in [1.29, 1.82) is 0 Å². The molecule has 0 amide bonds. The maximum Gasteiger partial charge on any atom is 0.306 e. The summed E-state index contributed by atoms with van der Waals surface area (Å²) in [5.74, 6) is 0.349. The zero-order valence-corrected chi connectivity index (χ0v) is 22.2. The van der Waals surface area contributed by atoms with Gasteiger partial charge in [-0.05, 0) is 42.2 Å². The Morgan fingerprint density at radius 3 is 2.79 bits per heavy atom. The van der Waals surface area contributed by atoms with Crippen LogP contribution in [0.25, 0.3) is 21.8 Å². The van der Waals surface area contributed by atoms with E-state index >= 15 is 0 Å². The van der Waals surface area contributed by atoms with Crippen molar-refractivity contribution in [2.75, 3.05) is 6.61 Å². The van der Waals surface area contributed by atoms with Crippen molar-refractivity contribution in [3.8, 4) is 27.6 Å². The molecule has 0 spiro atoms. The van der Waals surface area contributed by atoms with Gasteiger partial charge in [-0.2, -0.15) is 0 Å². The number of aliphatic hydroxyl groups is 1. The topological polar surface area (TPSA) is 110 Å². The summed E-state index contributed by atoms with van der Waals surface area (Å²) in [6, 6.07) is 17.3. The van der Waals surface area contributed by atoms with Crippen LogP contribution in [0.15, 0.2) is 84.8 Å². The summed E-state index contributed by atoms with van der Waals surface area (Å²) in [6.07, 6.45) is 6.54. The molecule has 0 aliphatic rings. The number of carbonyl (C=O) groups is 1. The van der Waals surface area contributed by atoms with E-state index in [4.69, 9.17) is 9.47 Å². The van der Waals surface area contributed by atoms with Crippen molar-refractivity contribution in [2.45, 2.75) is 32.5 Å². The zero-order valence-electron chi connectivity index (χ0n) is 21.4. The molecule has 0 radical (unpaired) electrons. The third-order valence-corrected chi connectivity index (χ3v) is 7.07. The van der Waals surface area contributed by atoms with Crippen molar-refractivity contribution >= 4 is 17.3 Å². The first kappa shape index (κ1) is 26.3. The Balaban J connectivity index is 1.34. The second kappa shape index (κ2) is 12.5. The van der Waals surface area contributed by atoms with Gasteiger partial charge in [0.1, 0.15) is 29.2 Å². The van der Waals surface area contributed by atoms with Crippen LogP contribution in [0.5, 0.6) is 5.75 Å². The summed E-state index contributed by atoms with van der Waals surface area (Å²) >= 11 is 1.48. The Morgan fingerprint density at radius 2 is 2.00 bits per heavy atom. The SMILES string of the molecule is CCOC(=O)CCc1c(-c2ccccc2)c[nH]c1C(O)c1cccc(OCc2csc(-c3cnccn3)n2)c1. The molecule has 0 aliphatic carbocycles. The number of aromatic nitrogens is 4. The van der Waals surface area contributed by atoms with Gasteiger partial charge in [0.05, 0.1) is 24.2 Å². The molecule has 9 heteroatoms. The lowest BCUT2D eigenvalue weighted by atomic mass is 9.95. The molecular weight excluding hydrogens is 512 g/mol. The van der Waals surface area contributed by atoms with Gasteiger partial charge in [-0.3, -0.25) is 14.8 Å². The van der Waals surface area contributed by atoms with E-state index < -0.39 is 6.10 Å². The molecule has 2 N–H and O–H groups in total. The maximum atomic E-state index is 12.1. The Labute approximate surface area is 230 Å². The van der Waals surface area contributed by atoms with Crippen LogP contribution in [0.4, 0.5) is 0 Å². The highest BCUT2D eigenvalue weighted by molar-refractivity contribution is 7.13. The number of aliphatic hydroxyl groups excluding tert-OH is 1. The van der Waals surface area contributed by atoms with Gasteiger partial charge >= 0.3 is 5.97 Å². The van der Waals surface area contributed by atoms with Gasteiger partial charge < -0.3 is 19.6 Å². The molecule has 0 saturated carbocycles. The molecule has 1 atom stereocenters. The summed E-state index contributed by atoms with van der Waals surface area (Å²) in [4.78, 5) is 28.4. The average Bonchev–Trinajstić information content (AvgIpc) is 3.63. The number of benzene rings is 2. The summed E-state index contributed by atoms with van der Waals surface area (Å²) < 4.78 is 11.1. The van der Waals surface area contributed by atoms with Gasteiger partial charge in [0.25, 0.3) is 0 Å². The molecule has 39 heavy (non-hydrogen) atoms. The number of aromatic amines is 1. The van der Waals surface area contributed by atoms with Crippen LogP contribution < -0.4 is 4.74 Å². The van der Waals surface area contributed by atoms with Crippen LogP contribution in [-0.2, 0) is 22.6 Å². The second-order valence-electron chi connectivity index (χ2n) is 8.76. The zero-order chi connectivity index (χ0) is 27.0. The van der Waals surface area contributed by atoms with Crippen LogP contribution in [0, 0.1) is 0 Å². The van der Waals surface area contributed by atoms with E-state index in [1.54, 1.807) is 25.5 Å². The number of rotatable bonds is 11. The van der Waals surface area contributed by atoms with Crippen molar-refractivity contribution in [1.82, 2.24) is 19.9 Å². The lowest BCUT2D eigenvalue weighted by Crippen LogP contribution is -2.08. The fourth-order valence-electron chi connectivity index (χ4n) is 4.32. The van der Waals surface area contributed by atoms with Gasteiger partial charge in [-0.1, -0.05) is 42.5 Å². The number of thiazole rings is 1. The molecule has 198 valence electrons. The van der Waals surface area contributed by atoms with Crippen LogP contribution >= 0.6 is 11.3 Å². The standard InChI is InChI=1S/C30H28N4O4S/c1-2-37-27(35)12-11-24-25(20-7-4-3-5-8-20)16-33-28(24)29(36)21-9-6-10-23(15-21)38-18-22-19-39-30(34-22)26-17-31-13-14-32-26/h3-10,13-17,19,29,33,36H,2,11-12,18H2,1H3. The molecule has 2 aromatic carbocycles. The Morgan fingerprint density at radius 1 is 1.13 bits per heavy atom. The van der Waals surface area contributed by atoms with Crippen molar-refractivity contribution in [3.05, 3.63) is 107 Å². The highest BCUT2D eigenvalue weighted by Crippen LogP contribution is 2.34. The molecular formula is C30H28N4O4S. The fraction of sp³-hybridized carbons (Fsp3) is 0.200. The normalized spacial score (nSPS) is 11.7. The Hall–Kier alpha value is -4.34. The van der Waals surface area contributed by atoms with Crippen molar-refractivity contribution in [2.24, 2.45) is 0 Å². The average molecular weight is 541 g/mol. The number of hydrogen-bond donors (Lipinski definition) is 2. The number of esters is 1. The van der Waals surface area contributed by atoms with E-state index in [2.05, 4.69) is 19.9 Å². The molecule has 0 bridgehead atoms. The molecule has 3 aromatic heterocycles. The summed E-state index contributed by atoms with van der Waals surface area (Å²) in [5.41, 5.74) is 5.65. The third kappa shape index (κ3) is 6.39. The van der Waals surface area contributed by atoms with E-state index in [1.165, 1.54) is 11.3 Å². The molecule has 3 heterocycles.